The van der Waals surface area contributed by atoms with Gasteiger partial charge >= 0.3 is 5.97 Å². The van der Waals surface area contributed by atoms with Crippen LogP contribution in [0.5, 0.6) is 0 Å². The smallest absolute Gasteiger partial charge is 0.341 e. The normalized spacial score (nSPS) is 16.0. The highest BCUT2D eigenvalue weighted by molar-refractivity contribution is 5.93. The number of carbonyl (C=O) groups is 1. The van der Waals surface area contributed by atoms with Crippen LogP contribution in [0, 0.1) is 0 Å². The van der Waals surface area contributed by atoms with Gasteiger partial charge in [-0.15, -0.1) is 0 Å². The first-order chi connectivity index (χ1) is 10.1. The third-order valence-electron chi connectivity index (χ3n) is 4.26. The molecule has 1 fully saturated rings. The summed E-state index contributed by atoms with van der Waals surface area (Å²) in [5.74, 6) is 0.0410. The Morgan fingerprint density at radius 1 is 1.14 bits per heavy atom. The summed E-state index contributed by atoms with van der Waals surface area (Å²) < 4.78 is 5.34. The second-order valence-electron chi connectivity index (χ2n) is 5.65. The van der Waals surface area contributed by atoms with E-state index in [1.807, 2.05) is 12.1 Å². The molecule has 3 N–H and O–H groups in total. The highest BCUT2D eigenvalue weighted by Crippen LogP contribution is 2.34. The Morgan fingerprint density at radius 2 is 1.81 bits per heavy atom. The Kier molecular flexibility index (Phi) is 3.69. The van der Waals surface area contributed by atoms with E-state index in [1.165, 1.54) is 43.7 Å². The number of carboxylic acid groups (broad SMARTS) is 1. The molecular formula is C17H19NO3. The Hall–Kier alpha value is -2.23. The molecule has 0 radical (unpaired) electrons. The minimum atomic E-state index is -1.07. The van der Waals surface area contributed by atoms with Crippen molar-refractivity contribution < 1.29 is 14.3 Å². The van der Waals surface area contributed by atoms with Crippen molar-refractivity contribution in [2.75, 3.05) is 5.73 Å². The Bertz CT molecular complexity index is 637. The molecule has 1 saturated carbocycles. The van der Waals surface area contributed by atoms with Crippen LogP contribution in [0.4, 0.5) is 5.88 Å². The van der Waals surface area contributed by atoms with Crippen molar-refractivity contribution in [3.8, 4) is 11.3 Å². The summed E-state index contributed by atoms with van der Waals surface area (Å²) in [5.41, 5.74) is 7.81. The molecule has 0 bridgehead atoms. The van der Waals surface area contributed by atoms with Crippen molar-refractivity contribution in [2.45, 2.75) is 38.0 Å². The largest absolute Gasteiger partial charge is 0.477 e. The molecule has 0 aliphatic heterocycles. The van der Waals surface area contributed by atoms with Crippen LogP contribution in [-0.2, 0) is 0 Å². The van der Waals surface area contributed by atoms with E-state index in [0.29, 0.717) is 11.7 Å². The maximum atomic E-state index is 11.0. The van der Waals surface area contributed by atoms with Crippen LogP contribution < -0.4 is 5.73 Å². The fourth-order valence-corrected chi connectivity index (χ4v) is 3.07. The second kappa shape index (κ2) is 5.64. The SMILES string of the molecule is Nc1oc(-c2ccc(C3CCCCC3)cc2)cc1C(=O)O. The Balaban J connectivity index is 1.83. The summed E-state index contributed by atoms with van der Waals surface area (Å²) in [7, 11) is 0. The average molecular weight is 285 g/mol. The number of nitrogens with two attached hydrogens (primary N) is 1. The Labute approximate surface area is 123 Å². The van der Waals surface area contributed by atoms with Gasteiger partial charge in [0.1, 0.15) is 11.3 Å². The number of carboxylic acids is 1. The van der Waals surface area contributed by atoms with Gasteiger partial charge in [0.2, 0.25) is 5.88 Å². The lowest BCUT2D eigenvalue weighted by atomic mass is 9.84. The number of anilines is 1. The molecule has 0 spiro atoms. The monoisotopic (exact) mass is 285 g/mol. The zero-order valence-electron chi connectivity index (χ0n) is 11.8. The molecule has 1 aromatic heterocycles. The van der Waals surface area contributed by atoms with Crippen LogP contribution in [0.2, 0.25) is 0 Å². The predicted molar refractivity (Wildman–Crippen MR) is 81.3 cm³/mol. The van der Waals surface area contributed by atoms with Gasteiger partial charge in [0.25, 0.3) is 0 Å². The molecule has 3 rings (SSSR count). The van der Waals surface area contributed by atoms with Crippen molar-refractivity contribution in [3.63, 3.8) is 0 Å². The van der Waals surface area contributed by atoms with Gasteiger partial charge < -0.3 is 15.3 Å². The van der Waals surface area contributed by atoms with Crippen LogP contribution in [0.3, 0.4) is 0 Å². The molecule has 0 amide bonds. The molecule has 1 aliphatic carbocycles. The molecule has 4 heteroatoms. The highest BCUT2D eigenvalue weighted by Gasteiger charge is 2.17. The first kappa shape index (κ1) is 13.7. The zero-order chi connectivity index (χ0) is 14.8. The quantitative estimate of drug-likeness (QED) is 0.882. The number of rotatable bonds is 3. The van der Waals surface area contributed by atoms with Crippen molar-refractivity contribution in [2.24, 2.45) is 0 Å². The summed E-state index contributed by atoms with van der Waals surface area (Å²) in [6.07, 6.45) is 6.48. The van der Waals surface area contributed by atoms with E-state index in [-0.39, 0.29) is 11.4 Å². The molecule has 21 heavy (non-hydrogen) atoms. The number of benzene rings is 1. The van der Waals surface area contributed by atoms with E-state index < -0.39 is 5.97 Å². The van der Waals surface area contributed by atoms with Crippen molar-refractivity contribution in [1.82, 2.24) is 0 Å². The predicted octanol–water partition coefficient (Wildman–Crippen LogP) is 4.27. The number of aromatic carboxylic acids is 1. The fraction of sp³-hybridized carbons (Fsp3) is 0.353. The molecule has 1 heterocycles. The maximum Gasteiger partial charge on any atom is 0.341 e. The highest BCUT2D eigenvalue weighted by atomic mass is 16.4. The van der Waals surface area contributed by atoms with Crippen LogP contribution in [0.1, 0.15) is 53.9 Å². The van der Waals surface area contributed by atoms with Crippen LogP contribution in [-0.4, -0.2) is 11.1 Å². The third-order valence-corrected chi connectivity index (χ3v) is 4.26. The average Bonchev–Trinajstić information content (AvgIpc) is 2.90. The second-order valence-corrected chi connectivity index (χ2v) is 5.65. The molecule has 0 saturated heterocycles. The van der Waals surface area contributed by atoms with Crippen molar-refractivity contribution >= 4 is 11.9 Å². The molecule has 2 aromatic rings. The summed E-state index contributed by atoms with van der Waals surface area (Å²) in [6.45, 7) is 0. The van der Waals surface area contributed by atoms with Gasteiger partial charge in [-0.1, -0.05) is 43.5 Å². The molecule has 4 nitrogen and oxygen atoms in total. The Morgan fingerprint density at radius 3 is 2.38 bits per heavy atom. The fourth-order valence-electron chi connectivity index (χ4n) is 3.07. The van der Waals surface area contributed by atoms with E-state index in [1.54, 1.807) is 0 Å². The summed E-state index contributed by atoms with van der Waals surface area (Å²) in [6, 6.07) is 9.67. The van der Waals surface area contributed by atoms with E-state index in [2.05, 4.69) is 12.1 Å². The first-order valence-corrected chi connectivity index (χ1v) is 7.38. The first-order valence-electron chi connectivity index (χ1n) is 7.38. The van der Waals surface area contributed by atoms with E-state index in [0.717, 1.165) is 5.56 Å². The molecule has 110 valence electrons. The lowest BCUT2D eigenvalue weighted by Gasteiger charge is -2.21. The topological polar surface area (TPSA) is 76.5 Å². The van der Waals surface area contributed by atoms with Gasteiger partial charge in [-0.3, -0.25) is 0 Å². The van der Waals surface area contributed by atoms with Gasteiger partial charge in [-0.25, -0.2) is 4.79 Å². The summed E-state index contributed by atoms with van der Waals surface area (Å²) in [4.78, 5) is 11.0. The summed E-state index contributed by atoms with van der Waals surface area (Å²) >= 11 is 0. The van der Waals surface area contributed by atoms with Crippen LogP contribution in [0.15, 0.2) is 34.7 Å². The number of hydrogen-bond donors (Lipinski definition) is 2. The zero-order valence-corrected chi connectivity index (χ0v) is 11.8. The summed E-state index contributed by atoms with van der Waals surface area (Å²) in [5, 5.41) is 9.00. The van der Waals surface area contributed by atoms with Gasteiger partial charge in [-0.05, 0) is 24.3 Å². The number of hydrogen-bond acceptors (Lipinski definition) is 3. The third kappa shape index (κ3) is 2.79. The van der Waals surface area contributed by atoms with Crippen molar-refractivity contribution in [3.05, 3.63) is 41.5 Å². The lowest BCUT2D eigenvalue weighted by Crippen LogP contribution is -2.04. The van der Waals surface area contributed by atoms with Gasteiger partial charge in [-0.2, -0.15) is 0 Å². The standard InChI is InChI=1S/C17H19NO3/c18-16-14(17(19)20)10-15(21-16)13-8-6-12(7-9-13)11-4-2-1-3-5-11/h6-11H,1-5,18H2,(H,19,20). The number of nitrogen functional groups attached to an aromatic ring is 1. The van der Waals surface area contributed by atoms with Crippen LogP contribution >= 0.6 is 0 Å². The van der Waals surface area contributed by atoms with Gasteiger partial charge in [0.05, 0.1) is 0 Å². The van der Waals surface area contributed by atoms with Crippen molar-refractivity contribution in [1.29, 1.82) is 0 Å². The van der Waals surface area contributed by atoms with E-state index >= 15 is 0 Å². The van der Waals surface area contributed by atoms with Gasteiger partial charge in [0, 0.05) is 11.6 Å². The lowest BCUT2D eigenvalue weighted by molar-refractivity contribution is 0.0697. The van der Waals surface area contributed by atoms with E-state index in [4.69, 9.17) is 15.3 Å². The van der Waals surface area contributed by atoms with Crippen LogP contribution in [0.25, 0.3) is 11.3 Å². The van der Waals surface area contributed by atoms with E-state index in [9.17, 15) is 4.79 Å². The molecule has 1 aliphatic rings. The van der Waals surface area contributed by atoms with Gasteiger partial charge in [0.15, 0.2) is 0 Å². The maximum absolute atomic E-state index is 11.0. The molecule has 0 atom stereocenters. The molecule has 1 aromatic carbocycles. The minimum Gasteiger partial charge on any atom is -0.477 e. The minimum absolute atomic E-state index is 0.0151. The number of furan rings is 1. The molecular weight excluding hydrogens is 266 g/mol. The molecule has 0 unspecified atom stereocenters.